The van der Waals surface area contributed by atoms with Crippen molar-refractivity contribution in [3.05, 3.63) is 42.5 Å². The van der Waals surface area contributed by atoms with Crippen LogP contribution in [0, 0.1) is 5.41 Å². The molecule has 0 radical (unpaired) electrons. The normalized spacial score (nSPS) is 16.1. The fourth-order valence-electron chi connectivity index (χ4n) is 3.95. The van der Waals surface area contributed by atoms with Gasteiger partial charge in [-0.25, -0.2) is 14.7 Å². The summed E-state index contributed by atoms with van der Waals surface area (Å²) < 4.78 is 7.38. The summed E-state index contributed by atoms with van der Waals surface area (Å²) in [7, 11) is 0. The van der Waals surface area contributed by atoms with Gasteiger partial charge in [-0.3, -0.25) is 0 Å². The van der Waals surface area contributed by atoms with Crippen LogP contribution in [0.3, 0.4) is 0 Å². The van der Waals surface area contributed by atoms with Crippen molar-refractivity contribution in [3.8, 4) is 5.69 Å². The molecule has 0 spiro atoms. The fraction of sp³-hybridized carbons (Fsp3) is 0.591. The van der Waals surface area contributed by atoms with Gasteiger partial charge in [-0.05, 0) is 56.2 Å². The first kappa shape index (κ1) is 21.3. The quantitative estimate of drug-likeness (QED) is 0.365. The molecule has 0 atom stereocenters. The molecule has 1 heterocycles. The van der Waals surface area contributed by atoms with Crippen LogP contribution in [-0.4, -0.2) is 47.0 Å². The van der Waals surface area contributed by atoms with Crippen LogP contribution < -0.4 is 10.6 Å². The molecule has 158 valence electrons. The van der Waals surface area contributed by atoms with E-state index < -0.39 is 0 Å². The van der Waals surface area contributed by atoms with Gasteiger partial charge in [-0.15, -0.1) is 0 Å². The highest BCUT2D eigenvalue weighted by atomic mass is 16.5. The second-order valence-corrected chi connectivity index (χ2v) is 7.71. The Morgan fingerprint density at radius 1 is 1.17 bits per heavy atom. The van der Waals surface area contributed by atoms with E-state index in [2.05, 4.69) is 46.7 Å². The standard InChI is InChI=1S/C22H34N6O/c1-3-24-21(26-16-22(11-5-6-12-22)13-14-29-4-2)25-15-19-7-9-20(10-8-19)28-18-23-17-27-28/h7-10,17-18H,3-6,11-16H2,1-2H3,(H2,24,25,26). The number of aromatic nitrogens is 3. The lowest BCUT2D eigenvalue weighted by atomic mass is 9.83. The molecule has 1 aromatic carbocycles. The van der Waals surface area contributed by atoms with E-state index in [-0.39, 0.29) is 0 Å². The number of nitrogens with one attached hydrogen (secondary N) is 2. The average Bonchev–Trinajstić information content (AvgIpc) is 3.44. The molecule has 1 saturated carbocycles. The number of hydrogen-bond acceptors (Lipinski definition) is 4. The second-order valence-electron chi connectivity index (χ2n) is 7.71. The summed E-state index contributed by atoms with van der Waals surface area (Å²) in [5, 5.41) is 11.1. The Morgan fingerprint density at radius 3 is 2.62 bits per heavy atom. The fourth-order valence-corrected chi connectivity index (χ4v) is 3.95. The van der Waals surface area contributed by atoms with Crippen LogP contribution in [-0.2, 0) is 11.3 Å². The first-order chi connectivity index (χ1) is 14.2. The molecular formula is C22H34N6O. The van der Waals surface area contributed by atoms with Crippen LogP contribution in [0.5, 0.6) is 0 Å². The van der Waals surface area contributed by atoms with Gasteiger partial charge in [-0.2, -0.15) is 5.10 Å². The van der Waals surface area contributed by atoms with Crippen LogP contribution in [0.25, 0.3) is 5.69 Å². The third kappa shape index (κ3) is 6.29. The molecule has 1 aromatic heterocycles. The number of guanidine groups is 1. The third-order valence-corrected chi connectivity index (χ3v) is 5.66. The van der Waals surface area contributed by atoms with E-state index in [1.54, 1.807) is 11.0 Å². The molecule has 0 unspecified atom stereocenters. The Morgan fingerprint density at radius 2 is 1.97 bits per heavy atom. The summed E-state index contributed by atoms with van der Waals surface area (Å²) in [5.74, 6) is 0.885. The van der Waals surface area contributed by atoms with Gasteiger partial charge < -0.3 is 15.4 Å². The summed E-state index contributed by atoms with van der Waals surface area (Å²) in [6.07, 6.45) is 9.55. The summed E-state index contributed by atoms with van der Waals surface area (Å²) in [5.41, 5.74) is 2.50. The molecule has 1 aliphatic carbocycles. The molecule has 1 fully saturated rings. The number of nitrogens with zero attached hydrogens (tertiary/aromatic N) is 4. The molecule has 1 aliphatic rings. The lowest BCUT2D eigenvalue weighted by Gasteiger charge is -2.30. The molecule has 7 nitrogen and oxygen atoms in total. The molecule has 3 rings (SSSR count). The van der Waals surface area contributed by atoms with E-state index in [0.717, 1.165) is 49.9 Å². The van der Waals surface area contributed by atoms with Crippen LogP contribution in [0.2, 0.25) is 0 Å². The highest BCUT2D eigenvalue weighted by Gasteiger charge is 2.33. The van der Waals surface area contributed by atoms with Crippen molar-refractivity contribution >= 4 is 5.96 Å². The third-order valence-electron chi connectivity index (χ3n) is 5.66. The monoisotopic (exact) mass is 398 g/mol. The minimum absolute atomic E-state index is 0.338. The van der Waals surface area contributed by atoms with Gasteiger partial charge in [-0.1, -0.05) is 25.0 Å². The van der Waals surface area contributed by atoms with Crippen LogP contribution in [0.4, 0.5) is 0 Å². The van der Waals surface area contributed by atoms with Crippen molar-refractivity contribution in [2.75, 3.05) is 26.3 Å². The molecule has 7 heteroatoms. The number of rotatable bonds is 10. The van der Waals surface area contributed by atoms with E-state index in [0.29, 0.717) is 12.0 Å². The molecule has 2 aromatic rings. The van der Waals surface area contributed by atoms with Crippen LogP contribution in [0.1, 0.15) is 51.5 Å². The Balaban J connectivity index is 1.57. The van der Waals surface area contributed by atoms with E-state index in [4.69, 9.17) is 9.73 Å². The number of aliphatic imine (C=N–C) groups is 1. The number of benzene rings is 1. The second kappa shape index (κ2) is 11.0. The average molecular weight is 399 g/mol. The maximum Gasteiger partial charge on any atom is 0.191 e. The summed E-state index contributed by atoms with van der Waals surface area (Å²) >= 11 is 0. The van der Waals surface area contributed by atoms with E-state index >= 15 is 0 Å². The lowest BCUT2D eigenvalue weighted by molar-refractivity contribution is 0.105. The van der Waals surface area contributed by atoms with Gasteiger partial charge >= 0.3 is 0 Å². The highest BCUT2D eigenvalue weighted by molar-refractivity contribution is 5.79. The summed E-state index contributed by atoms with van der Waals surface area (Å²) in [6.45, 7) is 8.25. The molecular weight excluding hydrogens is 364 g/mol. The Hall–Kier alpha value is -2.41. The van der Waals surface area contributed by atoms with Crippen LogP contribution in [0.15, 0.2) is 41.9 Å². The maximum atomic E-state index is 5.63. The summed E-state index contributed by atoms with van der Waals surface area (Å²) in [4.78, 5) is 8.78. The molecule has 29 heavy (non-hydrogen) atoms. The zero-order valence-electron chi connectivity index (χ0n) is 17.7. The van der Waals surface area contributed by atoms with Gasteiger partial charge in [0.2, 0.25) is 0 Å². The Kier molecular flexibility index (Phi) is 8.04. The Labute approximate surface area is 174 Å². The highest BCUT2D eigenvalue weighted by Crippen LogP contribution is 2.40. The SMILES string of the molecule is CCNC(=NCc1ccc(-n2cncn2)cc1)NCC1(CCOCC)CCCC1. The van der Waals surface area contributed by atoms with Crippen molar-refractivity contribution in [2.24, 2.45) is 10.4 Å². The summed E-state index contributed by atoms with van der Waals surface area (Å²) in [6, 6.07) is 8.26. The molecule has 0 saturated heterocycles. The minimum Gasteiger partial charge on any atom is -0.382 e. The Bertz CT molecular complexity index is 735. The maximum absolute atomic E-state index is 5.63. The predicted octanol–water partition coefficient (Wildman–Crippen LogP) is 3.31. The topological polar surface area (TPSA) is 76.4 Å². The number of hydrogen-bond donors (Lipinski definition) is 2. The van der Waals surface area contributed by atoms with Crippen molar-refractivity contribution in [1.82, 2.24) is 25.4 Å². The molecule has 0 amide bonds. The van der Waals surface area contributed by atoms with Gasteiger partial charge in [0.25, 0.3) is 0 Å². The van der Waals surface area contributed by atoms with E-state index in [1.165, 1.54) is 32.0 Å². The van der Waals surface area contributed by atoms with Gasteiger partial charge in [0.05, 0.1) is 12.2 Å². The smallest absolute Gasteiger partial charge is 0.191 e. The molecule has 2 N–H and O–H groups in total. The van der Waals surface area contributed by atoms with Crippen LogP contribution >= 0.6 is 0 Å². The van der Waals surface area contributed by atoms with E-state index in [1.807, 2.05) is 12.1 Å². The van der Waals surface area contributed by atoms with Crippen molar-refractivity contribution < 1.29 is 4.74 Å². The van der Waals surface area contributed by atoms with Gasteiger partial charge in [0, 0.05) is 26.3 Å². The van der Waals surface area contributed by atoms with Gasteiger partial charge in [0.15, 0.2) is 5.96 Å². The van der Waals surface area contributed by atoms with Crippen molar-refractivity contribution in [3.63, 3.8) is 0 Å². The first-order valence-electron chi connectivity index (χ1n) is 10.8. The zero-order chi connectivity index (χ0) is 20.4. The molecule has 0 aliphatic heterocycles. The minimum atomic E-state index is 0.338. The zero-order valence-corrected chi connectivity index (χ0v) is 17.7. The predicted molar refractivity (Wildman–Crippen MR) is 116 cm³/mol. The number of ether oxygens (including phenoxy) is 1. The van der Waals surface area contributed by atoms with E-state index in [9.17, 15) is 0 Å². The van der Waals surface area contributed by atoms with Crippen molar-refractivity contribution in [1.29, 1.82) is 0 Å². The lowest BCUT2D eigenvalue weighted by Crippen LogP contribution is -2.43. The van der Waals surface area contributed by atoms with Gasteiger partial charge in [0.1, 0.15) is 12.7 Å². The molecule has 0 bridgehead atoms. The first-order valence-corrected chi connectivity index (χ1v) is 10.8. The van der Waals surface area contributed by atoms with Crippen molar-refractivity contribution in [2.45, 2.75) is 52.5 Å². The largest absolute Gasteiger partial charge is 0.382 e.